The number of ether oxygens (including phenoxy) is 1. The zero-order valence-corrected chi connectivity index (χ0v) is 12.4. The predicted molar refractivity (Wildman–Crippen MR) is 80.9 cm³/mol. The van der Waals surface area contributed by atoms with Gasteiger partial charge in [0.1, 0.15) is 5.75 Å². The first-order chi connectivity index (χ1) is 9.38. The maximum absolute atomic E-state index is 10.7. The van der Waals surface area contributed by atoms with Crippen LogP contribution in [0.5, 0.6) is 5.75 Å². The van der Waals surface area contributed by atoms with Gasteiger partial charge in [-0.05, 0) is 45.0 Å². The highest BCUT2D eigenvalue weighted by atomic mass is 35.5. The van der Waals surface area contributed by atoms with Crippen molar-refractivity contribution in [3.05, 3.63) is 41.1 Å². The van der Waals surface area contributed by atoms with Gasteiger partial charge in [0, 0.05) is 16.8 Å². The summed E-state index contributed by atoms with van der Waals surface area (Å²) in [4.78, 5) is 10.7. The summed E-state index contributed by atoms with van der Waals surface area (Å²) < 4.78 is 5.57. The molecule has 0 spiro atoms. The largest absolute Gasteiger partial charge is 0.491 e. The van der Waals surface area contributed by atoms with Crippen LogP contribution < -0.4 is 15.9 Å². The average Bonchev–Trinajstić information content (AvgIpc) is 2.32. The van der Waals surface area contributed by atoms with E-state index in [4.69, 9.17) is 22.1 Å². The first-order valence-electron chi connectivity index (χ1n) is 6.12. The van der Waals surface area contributed by atoms with E-state index in [9.17, 15) is 4.79 Å². The van der Waals surface area contributed by atoms with Gasteiger partial charge in [-0.2, -0.15) is 5.10 Å². The van der Waals surface area contributed by atoms with Crippen LogP contribution in [0.4, 0.5) is 0 Å². The summed E-state index contributed by atoms with van der Waals surface area (Å²) >= 11 is 6.01. The van der Waals surface area contributed by atoms with Crippen LogP contribution in [0.25, 0.3) is 0 Å². The lowest BCUT2D eigenvalue weighted by Gasteiger charge is -2.11. The summed E-state index contributed by atoms with van der Waals surface area (Å²) in [7, 11) is 0. The molecule has 0 saturated heterocycles. The van der Waals surface area contributed by atoms with Gasteiger partial charge in [0.2, 0.25) is 0 Å². The fraction of sp³-hybridized carbons (Fsp3) is 0.286. The van der Waals surface area contributed by atoms with E-state index in [0.29, 0.717) is 16.3 Å². The Hall–Kier alpha value is -2.01. The maximum Gasteiger partial charge on any atom is 0.154 e. The van der Waals surface area contributed by atoms with Crippen LogP contribution in [-0.4, -0.2) is 17.7 Å². The lowest BCUT2D eigenvalue weighted by Crippen LogP contribution is -2.17. The minimum absolute atomic E-state index is 0.0381. The van der Waals surface area contributed by atoms with Crippen molar-refractivity contribution in [3.63, 3.8) is 0 Å². The number of carbonyl (C=O) groups is 1. The molecule has 0 fully saturated rings. The standard InChI is InChI=1S/C14H18ClN3O2/c1-9(2)20-13-7-11(6-12(15)8-13)14(16)18-17-5-4-10(3)19/h4-9,17H,1-3H3,(H2,16,18)/b5-4-. The number of rotatable bonds is 6. The van der Waals surface area contributed by atoms with Gasteiger partial charge >= 0.3 is 0 Å². The summed E-state index contributed by atoms with van der Waals surface area (Å²) in [5, 5.41) is 4.43. The number of benzene rings is 1. The van der Waals surface area contributed by atoms with Gasteiger partial charge in [0.15, 0.2) is 11.6 Å². The summed E-state index contributed by atoms with van der Waals surface area (Å²) in [6.07, 6.45) is 2.80. The number of nitrogens with zero attached hydrogens (tertiary/aromatic N) is 1. The molecule has 1 rings (SSSR count). The SMILES string of the molecule is CC(=O)/C=C\N/N=C(\N)c1cc(Cl)cc(OC(C)C)c1. The van der Waals surface area contributed by atoms with E-state index < -0.39 is 0 Å². The fourth-order valence-electron chi connectivity index (χ4n) is 1.38. The van der Waals surface area contributed by atoms with Gasteiger partial charge in [-0.3, -0.25) is 10.2 Å². The molecule has 1 aromatic rings. The Bertz CT molecular complexity index is 539. The Morgan fingerprint density at radius 3 is 2.75 bits per heavy atom. The van der Waals surface area contributed by atoms with Crippen LogP contribution in [0, 0.1) is 0 Å². The molecule has 0 aliphatic carbocycles. The minimum atomic E-state index is -0.0818. The molecule has 5 nitrogen and oxygen atoms in total. The number of nitrogens with two attached hydrogens (primary N) is 1. The molecule has 20 heavy (non-hydrogen) atoms. The van der Waals surface area contributed by atoms with E-state index in [1.807, 2.05) is 13.8 Å². The van der Waals surface area contributed by atoms with E-state index in [0.717, 1.165) is 0 Å². The van der Waals surface area contributed by atoms with E-state index in [-0.39, 0.29) is 17.7 Å². The average molecular weight is 296 g/mol. The van der Waals surface area contributed by atoms with Crippen molar-refractivity contribution in [2.45, 2.75) is 26.9 Å². The monoisotopic (exact) mass is 295 g/mol. The van der Waals surface area contributed by atoms with Crippen LogP contribution in [0.3, 0.4) is 0 Å². The number of hydrogen-bond donors (Lipinski definition) is 2. The smallest absolute Gasteiger partial charge is 0.154 e. The number of ketones is 1. The molecule has 108 valence electrons. The number of hydrogen-bond acceptors (Lipinski definition) is 4. The quantitative estimate of drug-likeness (QED) is 0.366. The third-order valence-electron chi connectivity index (χ3n) is 2.12. The van der Waals surface area contributed by atoms with Crippen molar-refractivity contribution < 1.29 is 9.53 Å². The molecular formula is C14H18ClN3O2. The summed E-state index contributed by atoms with van der Waals surface area (Å²) in [5.41, 5.74) is 9.04. The molecule has 6 heteroatoms. The molecule has 0 saturated carbocycles. The lowest BCUT2D eigenvalue weighted by atomic mass is 10.2. The van der Waals surface area contributed by atoms with E-state index >= 15 is 0 Å². The highest BCUT2D eigenvalue weighted by Crippen LogP contribution is 2.21. The second kappa shape index (κ2) is 7.55. The van der Waals surface area contributed by atoms with Gasteiger partial charge in [-0.15, -0.1) is 0 Å². The predicted octanol–water partition coefficient (Wildman–Crippen LogP) is 2.44. The number of amidine groups is 1. The molecule has 0 bridgehead atoms. The Kier molecular flexibility index (Phi) is 6.06. The normalized spacial score (nSPS) is 11.9. The lowest BCUT2D eigenvalue weighted by molar-refractivity contribution is -0.112. The van der Waals surface area contributed by atoms with Crippen LogP contribution >= 0.6 is 11.6 Å². The molecule has 0 aromatic heterocycles. The number of halogens is 1. The maximum atomic E-state index is 10.7. The van der Waals surface area contributed by atoms with Crippen molar-refractivity contribution in [3.8, 4) is 5.75 Å². The van der Waals surface area contributed by atoms with Gasteiger partial charge in [0.05, 0.1) is 6.10 Å². The first kappa shape index (κ1) is 16.0. The van der Waals surface area contributed by atoms with Crippen molar-refractivity contribution in [2.75, 3.05) is 0 Å². The minimum Gasteiger partial charge on any atom is -0.491 e. The van der Waals surface area contributed by atoms with E-state index in [2.05, 4.69) is 10.5 Å². The highest BCUT2D eigenvalue weighted by Gasteiger charge is 2.05. The molecule has 0 unspecified atom stereocenters. The van der Waals surface area contributed by atoms with Gasteiger partial charge < -0.3 is 10.5 Å². The molecule has 1 aromatic carbocycles. The van der Waals surface area contributed by atoms with Crippen molar-refractivity contribution in [1.29, 1.82) is 0 Å². The van der Waals surface area contributed by atoms with E-state index in [1.54, 1.807) is 18.2 Å². The van der Waals surface area contributed by atoms with Gasteiger partial charge in [-0.1, -0.05) is 11.6 Å². The zero-order valence-electron chi connectivity index (χ0n) is 11.7. The topological polar surface area (TPSA) is 76.7 Å². The fourth-order valence-corrected chi connectivity index (χ4v) is 1.60. The Morgan fingerprint density at radius 1 is 1.45 bits per heavy atom. The van der Waals surface area contributed by atoms with Crippen LogP contribution in [0.2, 0.25) is 5.02 Å². The molecule has 0 heterocycles. The third kappa shape index (κ3) is 5.75. The molecule has 0 amide bonds. The number of nitrogens with one attached hydrogen (secondary N) is 1. The van der Waals surface area contributed by atoms with E-state index in [1.165, 1.54) is 19.2 Å². The molecular weight excluding hydrogens is 278 g/mol. The van der Waals surface area contributed by atoms with Crippen LogP contribution in [0.1, 0.15) is 26.3 Å². The van der Waals surface area contributed by atoms with Gasteiger partial charge in [-0.25, -0.2) is 0 Å². The first-order valence-corrected chi connectivity index (χ1v) is 6.49. The molecule has 0 aliphatic rings. The molecule has 3 N–H and O–H groups in total. The van der Waals surface area contributed by atoms with Crippen molar-refractivity contribution in [1.82, 2.24) is 5.43 Å². The Balaban J connectivity index is 2.86. The second-order valence-electron chi connectivity index (χ2n) is 4.41. The molecule has 0 atom stereocenters. The summed E-state index contributed by atoms with van der Waals surface area (Å²) in [6.45, 7) is 5.29. The molecule has 0 aliphatic heterocycles. The van der Waals surface area contributed by atoms with Crippen molar-refractivity contribution in [2.24, 2.45) is 10.8 Å². The third-order valence-corrected chi connectivity index (χ3v) is 2.33. The number of allylic oxidation sites excluding steroid dienone is 1. The molecule has 0 radical (unpaired) electrons. The van der Waals surface area contributed by atoms with Crippen LogP contribution in [0.15, 0.2) is 35.6 Å². The summed E-state index contributed by atoms with van der Waals surface area (Å²) in [5.74, 6) is 0.788. The van der Waals surface area contributed by atoms with Crippen LogP contribution in [-0.2, 0) is 4.79 Å². The highest BCUT2D eigenvalue weighted by molar-refractivity contribution is 6.31. The van der Waals surface area contributed by atoms with Crippen molar-refractivity contribution >= 4 is 23.2 Å². The summed E-state index contributed by atoms with van der Waals surface area (Å²) in [6, 6.07) is 5.15. The second-order valence-corrected chi connectivity index (χ2v) is 4.85. The number of carbonyl (C=O) groups excluding carboxylic acids is 1. The number of hydrazone groups is 1. The zero-order chi connectivity index (χ0) is 15.1. The van der Waals surface area contributed by atoms with Gasteiger partial charge in [0.25, 0.3) is 0 Å². The Labute approximate surface area is 123 Å². The Morgan fingerprint density at radius 2 is 2.15 bits per heavy atom.